The van der Waals surface area contributed by atoms with Crippen LogP contribution in [0.5, 0.6) is 0 Å². The molecule has 3 aromatic rings. The maximum atomic E-state index is 10.1. The third-order valence-electron chi connectivity index (χ3n) is 5.72. The van der Waals surface area contributed by atoms with Gasteiger partial charge >= 0.3 is 0 Å². The molecule has 0 amide bonds. The molecule has 5 rings (SSSR count). The van der Waals surface area contributed by atoms with Crippen molar-refractivity contribution < 1.29 is 24.1 Å². The quantitative estimate of drug-likeness (QED) is 0.583. The van der Waals surface area contributed by atoms with Crippen LogP contribution in [-0.2, 0) is 25.4 Å². The molecule has 0 bridgehead atoms. The number of halogens is 1. The number of aliphatic hydroxyl groups is 1. The summed E-state index contributed by atoms with van der Waals surface area (Å²) in [6.07, 6.45) is -2.69. The predicted molar refractivity (Wildman–Crippen MR) is 118 cm³/mol. The van der Waals surface area contributed by atoms with Gasteiger partial charge in [-0.2, -0.15) is 0 Å². The summed E-state index contributed by atoms with van der Waals surface area (Å²) in [5.74, 6) is 0. The van der Waals surface area contributed by atoms with Gasteiger partial charge in [-0.3, -0.25) is 0 Å². The second-order valence-electron chi connectivity index (χ2n) is 7.87. The van der Waals surface area contributed by atoms with Crippen LogP contribution in [0, 0.1) is 0 Å². The van der Waals surface area contributed by atoms with Gasteiger partial charge in [-0.25, -0.2) is 4.98 Å². The molecule has 2 saturated heterocycles. The van der Waals surface area contributed by atoms with E-state index in [1.165, 1.54) is 0 Å². The van der Waals surface area contributed by atoms with E-state index in [0.29, 0.717) is 11.6 Å². The van der Waals surface area contributed by atoms with Crippen LogP contribution < -0.4 is 0 Å². The first-order valence-corrected chi connectivity index (χ1v) is 11.0. The van der Waals surface area contributed by atoms with E-state index in [0.717, 1.165) is 16.8 Å². The molecule has 0 radical (unpaired) electrons. The summed E-state index contributed by atoms with van der Waals surface area (Å²) in [7, 11) is 0. The van der Waals surface area contributed by atoms with Crippen LogP contribution in [0.4, 0.5) is 0 Å². The van der Waals surface area contributed by atoms with E-state index in [4.69, 9.17) is 30.5 Å². The molecule has 32 heavy (non-hydrogen) atoms. The molecule has 2 fully saturated rings. The summed E-state index contributed by atoms with van der Waals surface area (Å²) in [5, 5.41) is 10.6. The number of rotatable bonds is 5. The zero-order chi connectivity index (χ0) is 21.9. The number of benzene rings is 2. The largest absolute Gasteiger partial charge is 0.394 e. The molecule has 2 aromatic carbocycles. The number of nitrogens with zero attached hydrogens (tertiary/aromatic N) is 1. The SMILES string of the molecule is OC[C@H]1OC(c2ccccc2)O[C@@H]2[C@@H]1OC(c1ccccc1)O[C@@H]2Cc1cccc(Cl)n1. The number of fused-ring (bicyclic) bond motifs is 1. The molecule has 3 heterocycles. The maximum absolute atomic E-state index is 10.1. The monoisotopic (exact) mass is 453 g/mol. The lowest BCUT2D eigenvalue weighted by Gasteiger charge is -2.49. The summed E-state index contributed by atoms with van der Waals surface area (Å²) in [5.41, 5.74) is 2.55. The first-order chi connectivity index (χ1) is 15.7. The molecule has 2 aliphatic heterocycles. The Morgan fingerprint density at radius 1 is 0.688 bits per heavy atom. The minimum Gasteiger partial charge on any atom is -0.394 e. The first-order valence-electron chi connectivity index (χ1n) is 10.7. The number of aromatic nitrogens is 1. The van der Waals surface area contributed by atoms with Gasteiger partial charge in [0.25, 0.3) is 0 Å². The Balaban J connectivity index is 1.47. The van der Waals surface area contributed by atoms with Gasteiger partial charge in [0.2, 0.25) is 0 Å². The zero-order valence-electron chi connectivity index (χ0n) is 17.3. The Bertz CT molecular complexity index is 1020. The van der Waals surface area contributed by atoms with Crippen molar-refractivity contribution in [1.82, 2.24) is 4.98 Å². The predicted octanol–water partition coefficient (Wildman–Crippen LogP) is 4.24. The lowest BCUT2D eigenvalue weighted by molar-refractivity contribution is -0.384. The molecule has 2 aliphatic rings. The number of ether oxygens (including phenoxy) is 4. The second kappa shape index (κ2) is 9.67. The van der Waals surface area contributed by atoms with Gasteiger partial charge in [0.05, 0.1) is 12.7 Å². The van der Waals surface area contributed by atoms with Crippen molar-refractivity contribution in [3.05, 3.63) is 101 Å². The zero-order valence-corrected chi connectivity index (χ0v) is 18.0. The van der Waals surface area contributed by atoms with Gasteiger partial charge < -0.3 is 24.1 Å². The van der Waals surface area contributed by atoms with Crippen molar-refractivity contribution in [3.63, 3.8) is 0 Å². The standard InChI is InChI=1S/C25H24ClNO5/c26-21-13-7-12-18(27-21)14-19-22-23(32-24(29-19)16-8-3-1-4-9-16)20(15-28)30-25(31-22)17-10-5-2-6-11-17/h1-13,19-20,22-25,28H,14-15H2/t19-,20-,22+,23-,24?,25?/m1/s1. The molecule has 166 valence electrons. The molecule has 0 aliphatic carbocycles. The minimum atomic E-state index is -0.634. The van der Waals surface area contributed by atoms with E-state index in [1.807, 2.05) is 72.8 Å². The normalized spacial score (nSPS) is 29.9. The summed E-state index contributed by atoms with van der Waals surface area (Å²) in [6, 6.07) is 24.9. The molecule has 1 N–H and O–H groups in total. The molecule has 0 spiro atoms. The third kappa shape index (κ3) is 4.57. The first kappa shape index (κ1) is 21.5. The average molecular weight is 454 g/mol. The van der Waals surface area contributed by atoms with Gasteiger partial charge in [-0.1, -0.05) is 78.3 Å². The topological polar surface area (TPSA) is 70.0 Å². The van der Waals surface area contributed by atoms with Gasteiger partial charge in [0.15, 0.2) is 12.6 Å². The van der Waals surface area contributed by atoms with Gasteiger partial charge in [-0.05, 0) is 12.1 Å². The van der Waals surface area contributed by atoms with Crippen LogP contribution in [0.2, 0.25) is 5.15 Å². The lowest BCUT2D eigenvalue weighted by atomic mass is 9.95. The Labute approximate surface area is 191 Å². The van der Waals surface area contributed by atoms with E-state index >= 15 is 0 Å². The third-order valence-corrected chi connectivity index (χ3v) is 5.93. The highest BCUT2D eigenvalue weighted by Gasteiger charge is 2.50. The molecule has 6 nitrogen and oxygen atoms in total. The lowest BCUT2D eigenvalue weighted by Crippen LogP contribution is -2.59. The van der Waals surface area contributed by atoms with Crippen LogP contribution in [0.1, 0.15) is 29.4 Å². The van der Waals surface area contributed by atoms with Crippen LogP contribution in [-0.4, -0.2) is 41.1 Å². The fraction of sp³-hybridized carbons (Fsp3) is 0.320. The maximum Gasteiger partial charge on any atom is 0.184 e. The van der Waals surface area contributed by atoms with Gasteiger partial charge in [0.1, 0.15) is 23.5 Å². The second-order valence-corrected chi connectivity index (χ2v) is 8.26. The highest BCUT2D eigenvalue weighted by Crippen LogP contribution is 2.41. The Hall–Kier alpha value is -2.32. The Morgan fingerprint density at radius 3 is 1.81 bits per heavy atom. The molecule has 7 heteroatoms. The van der Waals surface area contributed by atoms with Crippen LogP contribution in [0.15, 0.2) is 78.9 Å². The van der Waals surface area contributed by atoms with Crippen molar-refractivity contribution in [2.24, 2.45) is 0 Å². The van der Waals surface area contributed by atoms with Crippen LogP contribution in [0.3, 0.4) is 0 Å². The van der Waals surface area contributed by atoms with Gasteiger partial charge in [0, 0.05) is 23.2 Å². The fourth-order valence-corrected chi connectivity index (χ4v) is 4.37. The highest BCUT2D eigenvalue weighted by atomic mass is 35.5. The van der Waals surface area contributed by atoms with Crippen molar-refractivity contribution in [2.45, 2.75) is 43.4 Å². The molecule has 0 saturated carbocycles. The van der Waals surface area contributed by atoms with Crippen molar-refractivity contribution >= 4 is 11.6 Å². The average Bonchev–Trinajstić information content (AvgIpc) is 2.84. The van der Waals surface area contributed by atoms with Gasteiger partial charge in [-0.15, -0.1) is 0 Å². The smallest absolute Gasteiger partial charge is 0.184 e. The van der Waals surface area contributed by atoms with E-state index in [1.54, 1.807) is 6.07 Å². The van der Waals surface area contributed by atoms with Crippen molar-refractivity contribution in [2.75, 3.05) is 6.61 Å². The Morgan fingerprint density at radius 2 is 1.25 bits per heavy atom. The van der Waals surface area contributed by atoms with E-state index in [-0.39, 0.29) is 12.7 Å². The highest BCUT2D eigenvalue weighted by molar-refractivity contribution is 6.29. The van der Waals surface area contributed by atoms with E-state index in [9.17, 15) is 5.11 Å². The summed E-state index contributed by atoms with van der Waals surface area (Å²) < 4.78 is 25.1. The Kier molecular flexibility index (Phi) is 6.50. The van der Waals surface area contributed by atoms with Crippen molar-refractivity contribution in [3.8, 4) is 0 Å². The summed E-state index contributed by atoms with van der Waals surface area (Å²) in [4.78, 5) is 4.43. The number of hydrogen-bond acceptors (Lipinski definition) is 6. The molecular weight excluding hydrogens is 430 g/mol. The summed E-state index contributed by atoms with van der Waals surface area (Å²) in [6.45, 7) is -0.197. The van der Waals surface area contributed by atoms with E-state index in [2.05, 4.69) is 4.98 Å². The van der Waals surface area contributed by atoms with Crippen LogP contribution in [0.25, 0.3) is 0 Å². The number of pyridine rings is 1. The molecular formula is C25H24ClNO5. The number of hydrogen-bond donors (Lipinski definition) is 1. The molecule has 6 atom stereocenters. The van der Waals surface area contributed by atoms with E-state index < -0.39 is 30.9 Å². The van der Waals surface area contributed by atoms with Crippen molar-refractivity contribution in [1.29, 1.82) is 0 Å². The molecule has 1 aromatic heterocycles. The molecule has 2 unspecified atom stereocenters. The number of aliphatic hydroxyl groups excluding tert-OH is 1. The van der Waals surface area contributed by atoms with Crippen LogP contribution >= 0.6 is 11.6 Å². The minimum absolute atomic E-state index is 0.197. The summed E-state index contributed by atoms with van der Waals surface area (Å²) >= 11 is 6.11. The fourth-order valence-electron chi connectivity index (χ4n) is 4.19.